The monoisotopic (exact) mass is 650 g/mol. The zero-order valence-corrected chi connectivity index (χ0v) is 27.2. The van der Waals surface area contributed by atoms with Gasteiger partial charge in [0.05, 0.1) is 17.9 Å². The van der Waals surface area contributed by atoms with Crippen molar-refractivity contribution in [3.05, 3.63) is 135 Å². The Morgan fingerprint density at radius 1 is 0.696 bits per heavy atom. The molecule has 0 aliphatic carbocycles. The van der Waals surface area contributed by atoms with E-state index in [2.05, 4.69) is 29.7 Å². The standard InChI is InChI=1S/C38H32Cl2N2O4/c1-4-41(5-2)28-19-20-31-34(21-28)45-35-23-36(44-6-3)33(22-32(35)38(31)30-10-8-7-9-29(30)37(43)46-38)42(26-15-11-24(39)12-16-26)27-17-13-25(40)14-18-27/h7-23H,4-6H2,1-3H3. The smallest absolute Gasteiger partial charge is 0.340 e. The zero-order chi connectivity index (χ0) is 32.0. The van der Waals surface area contributed by atoms with E-state index in [-0.39, 0.29) is 5.97 Å². The van der Waals surface area contributed by atoms with Crippen molar-refractivity contribution in [3.8, 4) is 17.2 Å². The normalized spacial score (nSPS) is 15.8. The Kier molecular flexibility index (Phi) is 7.79. The van der Waals surface area contributed by atoms with Crippen molar-refractivity contribution in [2.45, 2.75) is 26.4 Å². The van der Waals surface area contributed by atoms with Gasteiger partial charge in [0.2, 0.25) is 0 Å². The molecule has 1 atom stereocenters. The molecule has 1 spiro atoms. The van der Waals surface area contributed by atoms with Crippen molar-refractivity contribution >= 4 is 51.9 Å². The van der Waals surface area contributed by atoms with E-state index in [0.717, 1.165) is 47.0 Å². The Balaban J connectivity index is 1.52. The molecular weight excluding hydrogens is 619 g/mol. The van der Waals surface area contributed by atoms with Crippen LogP contribution >= 0.6 is 23.2 Å². The third-order valence-electron chi connectivity index (χ3n) is 8.62. The van der Waals surface area contributed by atoms with Crippen LogP contribution in [0.1, 0.15) is 47.8 Å². The van der Waals surface area contributed by atoms with Crippen molar-refractivity contribution in [2.24, 2.45) is 0 Å². The molecule has 5 aromatic carbocycles. The first-order valence-electron chi connectivity index (χ1n) is 15.4. The fourth-order valence-corrected chi connectivity index (χ4v) is 6.77. The molecule has 8 heteroatoms. The predicted octanol–water partition coefficient (Wildman–Crippen LogP) is 10.3. The van der Waals surface area contributed by atoms with Gasteiger partial charge in [-0.2, -0.15) is 0 Å². The highest BCUT2D eigenvalue weighted by Crippen LogP contribution is 2.59. The molecule has 2 aliphatic rings. The average Bonchev–Trinajstić information content (AvgIpc) is 3.36. The average molecular weight is 652 g/mol. The van der Waals surface area contributed by atoms with Crippen LogP contribution in [0, 0.1) is 0 Å². The van der Waals surface area contributed by atoms with Gasteiger partial charge in [0, 0.05) is 69.0 Å². The van der Waals surface area contributed by atoms with Gasteiger partial charge in [0.1, 0.15) is 17.2 Å². The van der Waals surface area contributed by atoms with E-state index in [4.69, 9.17) is 37.4 Å². The fraction of sp³-hybridized carbons (Fsp3) is 0.184. The van der Waals surface area contributed by atoms with Gasteiger partial charge in [-0.1, -0.05) is 41.4 Å². The molecule has 7 rings (SSSR count). The summed E-state index contributed by atoms with van der Waals surface area (Å²) in [7, 11) is 0. The number of hydrogen-bond acceptors (Lipinski definition) is 6. The van der Waals surface area contributed by atoms with Gasteiger partial charge in [-0.25, -0.2) is 4.79 Å². The molecule has 0 bridgehead atoms. The van der Waals surface area contributed by atoms with E-state index >= 15 is 0 Å². The molecular formula is C38H32Cl2N2O4. The van der Waals surface area contributed by atoms with Crippen LogP contribution < -0.4 is 19.3 Å². The second-order valence-corrected chi connectivity index (χ2v) is 12.0. The minimum Gasteiger partial charge on any atom is -0.492 e. The number of halogens is 2. The molecule has 0 saturated carbocycles. The molecule has 2 heterocycles. The molecule has 2 aliphatic heterocycles. The van der Waals surface area contributed by atoms with E-state index in [9.17, 15) is 4.79 Å². The highest BCUT2D eigenvalue weighted by atomic mass is 35.5. The predicted molar refractivity (Wildman–Crippen MR) is 184 cm³/mol. The number of anilines is 4. The lowest BCUT2D eigenvalue weighted by atomic mass is 9.77. The minimum atomic E-state index is -1.25. The molecule has 1 unspecified atom stereocenters. The minimum absolute atomic E-state index is 0.384. The van der Waals surface area contributed by atoms with Crippen LogP contribution in [-0.4, -0.2) is 25.7 Å². The molecule has 0 amide bonds. The van der Waals surface area contributed by atoms with Gasteiger partial charge in [-0.3, -0.25) is 0 Å². The summed E-state index contributed by atoms with van der Waals surface area (Å²) in [5.74, 6) is 1.39. The summed E-state index contributed by atoms with van der Waals surface area (Å²) < 4.78 is 19.5. The molecule has 46 heavy (non-hydrogen) atoms. The van der Waals surface area contributed by atoms with Crippen LogP contribution in [-0.2, 0) is 10.3 Å². The number of nitrogens with zero attached hydrogens (tertiary/aromatic N) is 2. The molecule has 0 saturated heterocycles. The van der Waals surface area contributed by atoms with Gasteiger partial charge < -0.3 is 24.0 Å². The third kappa shape index (κ3) is 4.84. The van der Waals surface area contributed by atoms with E-state index in [1.54, 1.807) is 0 Å². The first kappa shape index (κ1) is 30.0. The second-order valence-electron chi connectivity index (χ2n) is 11.1. The summed E-state index contributed by atoms with van der Waals surface area (Å²) in [6.07, 6.45) is 0. The number of hydrogen-bond donors (Lipinski definition) is 0. The maximum Gasteiger partial charge on any atom is 0.340 e. The Labute approximate surface area is 278 Å². The van der Waals surface area contributed by atoms with Crippen molar-refractivity contribution in [3.63, 3.8) is 0 Å². The lowest BCUT2D eigenvalue weighted by Crippen LogP contribution is -2.33. The van der Waals surface area contributed by atoms with Crippen molar-refractivity contribution in [1.82, 2.24) is 0 Å². The van der Waals surface area contributed by atoms with Crippen molar-refractivity contribution in [1.29, 1.82) is 0 Å². The maximum atomic E-state index is 13.6. The molecule has 232 valence electrons. The largest absolute Gasteiger partial charge is 0.492 e. The Morgan fingerprint density at radius 2 is 1.30 bits per heavy atom. The van der Waals surface area contributed by atoms with Crippen LogP contribution in [0.4, 0.5) is 22.7 Å². The number of ether oxygens (including phenoxy) is 3. The summed E-state index contributed by atoms with van der Waals surface area (Å²) in [6.45, 7) is 8.31. The fourth-order valence-electron chi connectivity index (χ4n) is 6.52. The van der Waals surface area contributed by atoms with Crippen LogP contribution in [0.5, 0.6) is 17.2 Å². The van der Waals surface area contributed by atoms with Crippen LogP contribution in [0.15, 0.2) is 103 Å². The highest BCUT2D eigenvalue weighted by Gasteiger charge is 2.54. The third-order valence-corrected chi connectivity index (χ3v) is 9.12. The van der Waals surface area contributed by atoms with E-state index in [1.165, 1.54) is 0 Å². The van der Waals surface area contributed by atoms with Crippen molar-refractivity contribution in [2.75, 3.05) is 29.5 Å². The van der Waals surface area contributed by atoms with Gasteiger partial charge in [0.25, 0.3) is 0 Å². The molecule has 0 aromatic heterocycles. The maximum absolute atomic E-state index is 13.6. The first-order chi connectivity index (χ1) is 22.4. The molecule has 5 aromatic rings. The second kappa shape index (κ2) is 11.9. The van der Waals surface area contributed by atoms with Crippen molar-refractivity contribution < 1.29 is 19.0 Å². The van der Waals surface area contributed by atoms with E-state index in [1.807, 2.05) is 104 Å². The number of carbonyl (C=O) groups is 1. The molecule has 0 radical (unpaired) electrons. The molecule has 0 N–H and O–H groups in total. The zero-order valence-electron chi connectivity index (χ0n) is 25.7. The number of carbonyl (C=O) groups excluding carboxylic acids is 1. The lowest BCUT2D eigenvalue weighted by Gasteiger charge is -2.38. The number of esters is 1. The van der Waals surface area contributed by atoms with Crippen LogP contribution in [0.2, 0.25) is 10.0 Å². The lowest BCUT2D eigenvalue weighted by molar-refractivity contribution is 0.0224. The summed E-state index contributed by atoms with van der Waals surface area (Å²) in [6, 6.07) is 32.8. The van der Waals surface area contributed by atoms with Gasteiger partial charge in [0.15, 0.2) is 5.60 Å². The Hall–Kier alpha value is -4.65. The first-order valence-corrected chi connectivity index (χ1v) is 16.2. The number of benzene rings is 5. The quantitative estimate of drug-likeness (QED) is 0.156. The van der Waals surface area contributed by atoms with Gasteiger partial charge >= 0.3 is 5.97 Å². The Morgan fingerprint density at radius 3 is 1.93 bits per heavy atom. The summed E-state index contributed by atoms with van der Waals surface area (Å²) in [4.78, 5) is 17.9. The summed E-state index contributed by atoms with van der Waals surface area (Å²) in [5, 5.41) is 1.25. The molecule has 6 nitrogen and oxygen atoms in total. The SMILES string of the molecule is CCOc1cc2c(cc1N(c1ccc(Cl)cc1)c1ccc(Cl)cc1)C1(OC(=O)c3ccccc31)c1ccc(N(CC)CC)cc1O2. The van der Waals surface area contributed by atoms with E-state index in [0.29, 0.717) is 45.0 Å². The van der Waals surface area contributed by atoms with E-state index < -0.39 is 5.60 Å². The van der Waals surface area contributed by atoms with Crippen LogP contribution in [0.25, 0.3) is 0 Å². The summed E-state index contributed by atoms with van der Waals surface area (Å²) >= 11 is 12.6. The number of fused-ring (bicyclic) bond motifs is 6. The van der Waals surface area contributed by atoms with Crippen LogP contribution in [0.3, 0.4) is 0 Å². The highest BCUT2D eigenvalue weighted by molar-refractivity contribution is 6.31. The van der Waals surface area contributed by atoms with Gasteiger partial charge in [-0.05, 0) is 93.6 Å². The summed E-state index contributed by atoms with van der Waals surface area (Å²) in [5.41, 5.74) is 4.96. The molecule has 0 fully saturated rings. The topological polar surface area (TPSA) is 51.2 Å². The number of rotatable bonds is 8. The van der Waals surface area contributed by atoms with Gasteiger partial charge in [-0.15, -0.1) is 0 Å². The Bertz CT molecular complexity index is 1900.